The van der Waals surface area contributed by atoms with Crippen molar-refractivity contribution in [3.63, 3.8) is 0 Å². The zero-order chi connectivity index (χ0) is 18.9. The van der Waals surface area contributed by atoms with Crippen molar-refractivity contribution in [2.24, 2.45) is 0 Å². The highest BCUT2D eigenvalue weighted by Gasteiger charge is 2.44. The Morgan fingerprint density at radius 1 is 1.04 bits per heavy atom. The SMILES string of the molecule is CCC1(C)C(/C=C/c2ccc(N3CCOCC3)cc2)=[N+](C)c2ccccc21. The number of benzene rings is 2. The predicted octanol–water partition coefficient (Wildman–Crippen LogP) is 4.63. The van der Waals surface area contributed by atoms with Crippen LogP contribution < -0.4 is 4.90 Å². The average Bonchev–Trinajstić information content (AvgIpc) is 2.95. The van der Waals surface area contributed by atoms with E-state index in [1.807, 2.05) is 0 Å². The van der Waals surface area contributed by atoms with Crippen LogP contribution in [0.1, 0.15) is 31.4 Å². The predicted molar refractivity (Wildman–Crippen MR) is 113 cm³/mol. The molecule has 4 rings (SSSR count). The molecule has 0 amide bonds. The molecule has 140 valence electrons. The molecule has 2 aromatic carbocycles. The summed E-state index contributed by atoms with van der Waals surface area (Å²) < 4.78 is 7.79. The second-order valence-corrected chi connectivity index (χ2v) is 7.67. The lowest BCUT2D eigenvalue weighted by atomic mass is 9.77. The standard InChI is InChI=1S/C24H29N2O/c1-4-24(2)21-7-5-6-8-22(21)25(3)23(24)14-11-19-9-12-20(13-10-19)26-15-17-27-18-16-26/h5-14H,4,15-18H2,1-3H3/q+1. The van der Waals surface area contributed by atoms with Gasteiger partial charge >= 0.3 is 0 Å². The monoisotopic (exact) mass is 361 g/mol. The van der Waals surface area contributed by atoms with Crippen LogP contribution in [-0.2, 0) is 10.2 Å². The van der Waals surface area contributed by atoms with E-state index in [0.29, 0.717) is 0 Å². The topological polar surface area (TPSA) is 15.5 Å². The molecule has 0 bridgehead atoms. The van der Waals surface area contributed by atoms with Gasteiger partial charge in [-0.15, -0.1) is 0 Å². The highest BCUT2D eigenvalue weighted by Crippen LogP contribution is 2.41. The number of para-hydroxylation sites is 1. The summed E-state index contributed by atoms with van der Waals surface area (Å²) in [7, 11) is 2.18. The van der Waals surface area contributed by atoms with Crippen molar-refractivity contribution in [3.8, 4) is 0 Å². The molecule has 0 aromatic heterocycles. The number of rotatable bonds is 4. The van der Waals surface area contributed by atoms with Gasteiger partial charge in [0.05, 0.1) is 18.6 Å². The number of hydrogen-bond acceptors (Lipinski definition) is 2. The zero-order valence-electron chi connectivity index (χ0n) is 16.6. The van der Waals surface area contributed by atoms with Gasteiger partial charge in [0, 0.05) is 36.5 Å². The minimum absolute atomic E-state index is 0.0651. The maximum Gasteiger partial charge on any atom is 0.209 e. The quantitative estimate of drug-likeness (QED) is 0.738. The third-order valence-electron chi connectivity index (χ3n) is 6.20. The van der Waals surface area contributed by atoms with Crippen LogP contribution >= 0.6 is 0 Å². The molecule has 2 aromatic rings. The zero-order valence-corrected chi connectivity index (χ0v) is 16.6. The lowest BCUT2D eigenvalue weighted by Gasteiger charge is -2.28. The van der Waals surface area contributed by atoms with Gasteiger partial charge < -0.3 is 9.64 Å². The van der Waals surface area contributed by atoms with E-state index in [2.05, 4.69) is 91.1 Å². The van der Waals surface area contributed by atoms with Gasteiger partial charge in [-0.1, -0.05) is 37.3 Å². The fourth-order valence-corrected chi connectivity index (χ4v) is 4.33. The molecule has 0 saturated carbocycles. The van der Waals surface area contributed by atoms with E-state index in [-0.39, 0.29) is 5.41 Å². The number of nitrogens with zero attached hydrogens (tertiary/aromatic N) is 2. The molecule has 1 saturated heterocycles. The lowest BCUT2D eigenvalue weighted by molar-refractivity contribution is -0.401. The normalized spacial score (nSPS) is 22.6. The van der Waals surface area contributed by atoms with E-state index in [1.165, 1.54) is 28.2 Å². The Labute approximate surface area is 162 Å². The number of anilines is 1. The summed E-state index contributed by atoms with van der Waals surface area (Å²) in [6.07, 6.45) is 5.63. The Kier molecular flexibility index (Phi) is 4.88. The van der Waals surface area contributed by atoms with Crippen molar-refractivity contribution in [1.82, 2.24) is 0 Å². The van der Waals surface area contributed by atoms with Crippen LogP contribution in [0.15, 0.2) is 54.6 Å². The molecule has 0 radical (unpaired) electrons. The van der Waals surface area contributed by atoms with Gasteiger partial charge in [-0.25, -0.2) is 0 Å². The maximum absolute atomic E-state index is 5.45. The molecule has 3 nitrogen and oxygen atoms in total. The van der Waals surface area contributed by atoms with Crippen molar-refractivity contribution in [2.75, 3.05) is 38.3 Å². The minimum atomic E-state index is 0.0651. The molecule has 1 fully saturated rings. The third kappa shape index (κ3) is 3.21. The van der Waals surface area contributed by atoms with Gasteiger partial charge in [0.25, 0.3) is 0 Å². The first-order chi connectivity index (χ1) is 13.1. The summed E-state index contributed by atoms with van der Waals surface area (Å²) in [6.45, 7) is 8.23. The van der Waals surface area contributed by atoms with Crippen molar-refractivity contribution in [1.29, 1.82) is 0 Å². The highest BCUT2D eigenvalue weighted by atomic mass is 16.5. The molecule has 27 heavy (non-hydrogen) atoms. The molecular weight excluding hydrogens is 332 g/mol. The molecule has 3 heteroatoms. The molecule has 1 unspecified atom stereocenters. The summed E-state index contributed by atoms with van der Waals surface area (Å²) in [4.78, 5) is 2.39. The Bertz CT molecular complexity index is 876. The van der Waals surface area contributed by atoms with Gasteiger partial charge in [-0.3, -0.25) is 0 Å². The fourth-order valence-electron chi connectivity index (χ4n) is 4.33. The van der Waals surface area contributed by atoms with E-state index in [9.17, 15) is 0 Å². The molecule has 0 aliphatic carbocycles. The summed E-state index contributed by atoms with van der Waals surface area (Å²) in [5.41, 5.74) is 6.70. The fraction of sp³-hybridized carbons (Fsp3) is 0.375. The smallest absolute Gasteiger partial charge is 0.209 e. The van der Waals surface area contributed by atoms with E-state index in [4.69, 9.17) is 4.74 Å². The minimum Gasteiger partial charge on any atom is -0.378 e. The van der Waals surface area contributed by atoms with E-state index in [1.54, 1.807) is 0 Å². The van der Waals surface area contributed by atoms with Crippen LogP contribution in [0.4, 0.5) is 11.4 Å². The first-order valence-electron chi connectivity index (χ1n) is 9.95. The van der Waals surface area contributed by atoms with Crippen molar-refractivity contribution < 1.29 is 9.31 Å². The number of ether oxygens (including phenoxy) is 1. The first-order valence-corrected chi connectivity index (χ1v) is 9.95. The van der Waals surface area contributed by atoms with Crippen molar-refractivity contribution >= 4 is 23.2 Å². The molecule has 1 atom stereocenters. The number of morpholine rings is 1. The van der Waals surface area contributed by atoms with Crippen LogP contribution in [0.2, 0.25) is 0 Å². The summed E-state index contributed by atoms with van der Waals surface area (Å²) in [5, 5.41) is 0. The second-order valence-electron chi connectivity index (χ2n) is 7.67. The molecule has 0 N–H and O–H groups in total. The van der Waals surface area contributed by atoms with Gasteiger partial charge in [0.15, 0.2) is 5.71 Å². The van der Waals surface area contributed by atoms with Gasteiger partial charge in [-0.05, 0) is 37.1 Å². The first kappa shape index (κ1) is 18.0. The van der Waals surface area contributed by atoms with Gasteiger partial charge in [-0.2, -0.15) is 4.58 Å². The van der Waals surface area contributed by atoms with Crippen LogP contribution in [0.5, 0.6) is 0 Å². The Morgan fingerprint density at radius 3 is 2.44 bits per heavy atom. The molecule has 2 aliphatic rings. The summed E-state index contributed by atoms with van der Waals surface area (Å²) in [5.74, 6) is 0. The van der Waals surface area contributed by atoms with E-state index < -0.39 is 0 Å². The number of hydrogen-bond donors (Lipinski definition) is 0. The molecular formula is C24H29N2O+. The van der Waals surface area contributed by atoms with Gasteiger partial charge in [0.2, 0.25) is 5.69 Å². The van der Waals surface area contributed by atoms with Gasteiger partial charge in [0.1, 0.15) is 7.05 Å². The van der Waals surface area contributed by atoms with Crippen LogP contribution in [0.3, 0.4) is 0 Å². The number of allylic oxidation sites excluding steroid dienone is 1. The Balaban J connectivity index is 1.58. The third-order valence-corrected chi connectivity index (χ3v) is 6.20. The van der Waals surface area contributed by atoms with Crippen LogP contribution in [-0.4, -0.2) is 43.6 Å². The average molecular weight is 362 g/mol. The van der Waals surface area contributed by atoms with E-state index in [0.717, 1.165) is 32.7 Å². The second kappa shape index (κ2) is 7.32. The Morgan fingerprint density at radius 2 is 1.74 bits per heavy atom. The van der Waals surface area contributed by atoms with Crippen LogP contribution in [0, 0.1) is 0 Å². The highest BCUT2D eigenvalue weighted by molar-refractivity contribution is 6.05. The Hall–Kier alpha value is -2.39. The van der Waals surface area contributed by atoms with Crippen LogP contribution in [0.25, 0.3) is 6.08 Å². The molecule has 2 heterocycles. The summed E-state index contributed by atoms with van der Waals surface area (Å²) in [6, 6.07) is 17.7. The van der Waals surface area contributed by atoms with Crippen molar-refractivity contribution in [3.05, 3.63) is 65.7 Å². The summed E-state index contributed by atoms with van der Waals surface area (Å²) >= 11 is 0. The largest absolute Gasteiger partial charge is 0.378 e. The van der Waals surface area contributed by atoms with Crippen molar-refractivity contribution in [2.45, 2.75) is 25.7 Å². The van der Waals surface area contributed by atoms with E-state index >= 15 is 0 Å². The molecule has 2 aliphatic heterocycles. The molecule has 0 spiro atoms. The lowest BCUT2D eigenvalue weighted by Crippen LogP contribution is -2.36. The maximum atomic E-state index is 5.45. The number of fused-ring (bicyclic) bond motifs is 1.